The Morgan fingerprint density at radius 2 is 2.00 bits per heavy atom. The minimum absolute atomic E-state index is 0.228. The quantitative estimate of drug-likeness (QED) is 0.750. The third kappa shape index (κ3) is 2.95. The molecule has 1 N–H and O–H groups in total. The van der Waals surface area contributed by atoms with Crippen LogP contribution < -0.4 is 5.32 Å². The zero-order valence-electron chi connectivity index (χ0n) is 10.4. The third-order valence-electron chi connectivity index (χ3n) is 3.70. The highest BCUT2D eigenvalue weighted by molar-refractivity contribution is 5.78. The normalized spacial score (nSPS) is 28.7. The first-order valence-corrected chi connectivity index (χ1v) is 6.41. The summed E-state index contributed by atoms with van der Waals surface area (Å²) in [5, 5.41) is 3.04. The lowest BCUT2D eigenvalue weighted by atomic mass is 10.2. The fourth-order valence-corrected chi connectivity index (χ4v) is 2.59. The van der Waals surface area contributed by atoms with Crippen LogP contribution >= 0.6 is 0 Å². The largest absolute Gasteiger partial charge is 0.352 e. The molecule has 2 rings (SSSR count). The number of carbonyl (C=O) groups is 1. The van der Waals surface area contributed by atoms with Gasteiger partial charge in [-0.3, -0.25) is 14.6 Å². The Bertz CT molecular complexity index is 247. The lowest BCUT2D eigenvalue weighted by Crippen LogP contribution is -2.51. The molecule has 0 aromatic heterocycles. The lowest BCUT2D eigenvalue weighted by molar-refractivity contribution is -0.119. The maximum Gasteiger partial charge on any atom is 0.220 e. The summed E-state index contributed by atoms with van der Waals surface area (Å²) in [5.41, 5.74) is 0. The molecule has 2 saturated heterocycles. The van der Waals surface area contributed by atoms with Gasteiger partial charge in [-0.05, 0) is 20.3 Å². The van der Waals surface area contributed by atoms with Crippen molar-refractivity contribution in [2.24, 2.45) is 0 Å². The number of rotatable bonds is 3. The Morgan fingerprint density at radius 3 is 2.50 bits per heavy atom. The van der Waals surface area contributed by atoms with Crippen molar-refractivity contribution in [3.8, 4) is 0 Å². The van der Waals surface area contributed by atoms with Gasteiger partial charge in [-0.15, -0.1) is 0 Å². The van der Waals surface area contributed by atoms with E-state index in [4.69, 9.17) is 0 Å². The van der Waals surface area contributed by atoms with Crippen molar-refractivity contribution in [1.29, 1.82) is 0 Å². The van der Waals surface area contributed by atoms with Crippen LogP contribution in [0.1, 0.15) is 26.7 Å². The van der Waals surface area contributed by atoms with Crippen molar-refractivity contribution >= 4 is 5.91 Å². The van der Waals surface area contributed by atoms with Crippen molar-refractivity contribution in [3.05, 3.63) is 0 Å². The predicted octanol–water partition coefficient (Wildman–Crippen LogP) is 0.291. The topological polar surface area (TPSA) is 35.6 Å². The molecule has 2 aliphatic rings. The molecule has 1 atom stereocenters. The molecule has 2 heterocycles. The van der Waals surface area contributed by atoms with Crippen LogP contribution in [0.3, 0.4) is 0 Å². The van der Waals surface area contributed by atoms with Crippen molar-refractivity contribution in [2.45, 2.75) is 38.8 Å². The Balaban J connectivity index is 1.71. The summed E-state index contributed by atoms with van der Waals surface area (Å²) in [4.78, 5) is 16.1. The summed E-state index contributed by atoms with van der Waals surface area (Å²) in [5.74, 6) is 0.228. The minimum Gasteiger partial charge on any atom is -0.352 e. The molecule has 2 aliphatic heterocycles. The van der Waals surface area contributed by atoms with Crippen molar-refractivity contribution in [3.63, 3.8) is 0 Å². The number of nitrogens with one attached hydrogen (secondary N) is 1. The van der Waals surface area contributed by atoms with Gasteiger partial charge in [0.1, 0.15) is 0 Å². The molecule has 0 bridgehead atoms. The molecule has 4 heteroatoms. The van der Waals surface area contributed by atoms with Crippen LogP contribution in [-0.4, -0.2) is 60.5 Å². The van der Waals surface area contributed by atoms with E-state index in [9.17, 15) is 4.79 Å². The molecule has 1 unspecified atom stereocenters. The second kappa shape index (κ2) is 5.15. The van der Waals surface area contributed by atoms with Crippen LogP contribution in [0, 0.1) is 0 Å². The van der Waals surface area contributed by atoms with Crippen LogP contribution in [-0.2, 0) is 4.79 Å². The SMILES string of the molecule is CC(C)N1CCN(CC2CCC(=O)N2)CC1. The highest BCUT2D eigenvalue weighted by Gasteiger charge is 2.25. The molecule has 4 nitrogen and oxygen atoms in total. The molecule has 0 aromatic carbocycles. The summed E-state index contributed by atoms with van der Waals surface area (Å²) in [6, 6.07) is 1.06. The smallest absolute Gasteiger partial charge is 0.220 e. The van der Waals surface area contributed by atoms with Gasteiger partial charge in [0.2, 0.25) is 5.91 Å². The Morgan fingerprint density at radius 1 is 1.31 bits per heavy atom. The molecule has 92 valence electrons. The summed E-state index contributed by atoms with van der Waals surface area (Å²) in [7, 11) is 0. The first kappa shape index (κ1) is 11.9. The van der Waals surface area contributed by atoms with Gasteiger partial charge in [0.05, 0.1) is 0 Å². The summed E-state index contributed by atoms with van der Waals surface area (Å²) >= 11 is 0. The first-order chi connectivity index (χ1) is 7.65. The second-order valence-electron chi connectivity index (χ2n) is 5.23. The average molecular weight is 225 g/mol. The molecule has 1 amide bonds. The van der Waals surface area contributed by atoms with Gasteiger partial charge in [-0.25, -0.2) is 0 Å². The van der Waals surface area contributed by atoms with Gasteiger partial charge in [-0.1, -0.05) is 0 Å². The van der Waals surface area contributed by atoms with E-state index in [0.717, 1.165) is 32.5 Å². The van der Waals surface area contributed by atoms with E-state index in [0.29, 0.717) is 12.1 Å². The van der Waals surface area contributed by atoms with Gasteiger partial charge in [0.25, 0.3) is 0 Å². The number of piperazine rings is 1. The maximum absolute atomic E-state index is 11.1. The standard InChI is InChI=1S/C12H23N3O/c1-10(2)15-7-5-14(6-8-15)9-11-3-4-12(16)13-11/h10-11H,3-9H2,1-2H3,(H,13,16). The van der Waals surface area contributed by atoms with E-state index in [1.807, 2.05) is 0 Å². The van der Waals surface area contributed by atoms with E-state index >= 15 is 0 Å². The highest BCUT2D eigenvalue weighted by Crippen LogP contribution is 2.11. The van der Waals surface area contributed by atoms with Gasteiger partial charge >= 0.3 is 0 Å². The van der Waals surface area contributed by atoms with Crippen LogP contribution in [0.5, 0.6) is 0 Å². The number of amides is 1. The van der Waals surface area contributed by atoms with Crippen molar-refractivity contribution in [2.75, 3.05) is 32.7 Å². The predicted molar refractivity (Wildman–Crippen MR) is 64.3 cm³/mol. The molecular formula is C12H23N3O. The van der Waals surface area contributed by atoms with Gasteiger partial charge in [0, 0.05) is 51.2 Å². The minimum atomic E-state index is 0.228. The number of nitrogens with zero attached hydrogens (tertiary/aromatic N) is 2. The lowest BCUT2D eigenvalue weighted by Gasteiger charge is -2.37. The van der Waals surface area contributed by atoms with Crippen LogP contribution in [0.25, 0.3) is 0 Å². The molecular weight excluding hydrogens is 202 g/mol. The molecule has 0 radical (unpaired) electrons. The molecule has 0 aromatic rings. The average Bonchev–Trinajstić information content (AvgIpc) is 2.65. The molecule has 0 saturated carbocycles. The maximum atomic E-state index is 11.1. The second-order valence-corrected chi connectivity index (χ2v) is 5.23. The summed E-state index contributed by atoms with van der Waals surface area (Å²) < 4.78 is 0. The van der Waals surface area contributed by atoms with E-state index in [2.05, 4.69) is 29.0 Å². The zero-order valence-corrected chi connectivity index (χ0v) is 10.4. The highest BCUT2D eigenvalue weighted by atomic mass is 16.1. The Hall–Kier alpha value is -0.610. The Kier molecular flexibility index (Phi) is 3.82. The zero-order chi connectivity index (χ0) is 11.5. The van der Waals surface area contributed by atoms with Crippen molar-refractivity contribution < 1.29 is 4.79 Å². The van der Waals surface area contributed by atoms with Crippen molar-refractivity contribution in [1.82, 2.24) is 15.1 Å². The molecule has 2 fully saturated rings. The number of hydrogen-bond acceptors (Lipinski definition) is 3. The number of carbonyl (C=O) groups excluding carboxylic acids is 1. The summed E-state index contributed by atoms with van der Waals surface area (Å²) in [6.07, 6.45) is 1.74. The fraction of sp³-hybridized carbons (Fsp3) is 0.917. The van der Waals surface area contributed by atoms with Crippen LogP contribution in [0.15, 0.2) is 0 Å². The first-order valence-electron chi connectivity index (χ1n) is 6.41. The Labute approximate surface area is 98.0 Å². The van der Waals surface area contributed by atoms with Crippen LogP contribution in [0.2, 0.25) is 0 Å². The van der Waals surface area contributed by atoms with E-state index in [1.54, 1.807) is 0 Å². The molecule has 0 spiro atoms. The van der Waals surface area contributed by atoms with Gasteiger partial charge in [-0.2, -0.15) is 0 Å². The van der Waals surface area contributed by atoms with E-state index < -0.39 is 0 Å². The third-order valence-corrected chi connectivity index (χ3v) is 3.70. The number of hydrogen-bond donors (Lipinski definition) is 1. The monoisotopic (exact) mass is 225 g/mol. The van der Waals surface area contributed by atoms with Gasteiger partial charge in [0.15, 0.2) is 0 Å². The molecule has 0 aliphatic carbocycles. The van der Waals surface area contributed by atoms with Gasteiger partial charge < -0.3 is 5.32 Å². The fourth-order valence-electron chi connectivity index (χ4n) is 2.59. The van der Waals surface area contributed by atoms with E-state index in [-0.39, 0.29) is 5.91 Å². The molecule has 16 heavy (non-hydrogen) atoms. The van der Waals surface area contributed by atoms with E-state index in [1.165, 1.54) is 13.1 Å². The van der Waals surface area contributed by atoms with Crippen LogP contribution in [0.4, 0.5) is 0 Å². The summed E-state index contributed by atoms with van der Waals surface area (Å²) in [6.45, 7) is 10.2.